The van der Waals surface area contributed by atoms with Crippen LogP contribution in [0.15, 0.2) is 24.3 Å². The van der Waals surface area contributed by atoms with Gasteiger partial charge < -0.3 is 19.9 Å². The van der Waals surface area contributed by atoms with E-state index in [2.05, 4.69) is 12.2 Å². The molecule has 0 unspecified atom stereocenters. The third-order valence-corrected chi connectivity index (χ3v) is 5.81. The van der Waals surface area contributed by atoms with Crippen LogP contribution in [0.5, 0.6) is 5.75 Å². The SMILES string of the molecule is CCO[C@@H]1C[C@@H](NC[C@@H](O)COc2ccccc2C)C12CCCC2. The van der Waals surface area contributed by atoms with Crippen molar-refractivity contribution in [3.8, 4) is 5.75 Å². The summed E-state index contributed by atoms with van der Waals surface area (Å²) in [6.07, 6.45) is 6.11. The van der Waals surface area contributed by atoms with Gasteiger partial charge in [0.15, 0.2) is 0 Å². The van der Waals surface area contributed by atoms with E-state index in [9.17, 15) is 5.11 Å². The lowest BCUT2D eigenvalue weighted by Gasteiger charge is -2.54. The van der Waals surface area contributed by atoms with Crippen LogP contribution in [-0.2, 0) is 4.74 Å². The molecule has 134 valence electrons. The normalized spacial score (nSPS) is 26.3. The third kappa shape index (κ3) is 3.61. The Kier molecular flexibility index (Phi) is 5.80. The molecule has 3 atom stereocenters. The Labute approximate surface area is 145 Å². The van der Waals surface area contributed by atoms with Crippen molar-refractivity contribution < 1.29 is 14.6 Å². The summed E-state index contributed by atoms with van der Waals surface area (Å²) in [5.74, 6) is 0.851. The van der Waals surface area contributed by atoms with Gasteiger partial charge in [-0.1, -0.05) is 31.0 Å². The first kappa shape index (κ1) is 17.7. The van der Waals surface area contributed by atoms with Gasteiger partial charge in [-0.15, -0.1) is 0 Å². The average Bonchev–Trinajstić information content (AvgIpc) is 3.09. The fourth-order valence-corrected chi connectivity index (χ4v) is 4.41. The van der Waals surface area contributed by atoms with Crippen molar-refractivity contribution in [1.82, 2.24) is 5.32 Å². The van der Waals surface area contributed by atoms with Crippen LogP contribution in [0.2, 0.25) is 0 Å². The predicted octanol–water partition coefficient (Wildman–Crippen LogP) is 3.06. The molecule has 0 heterocycles. The van der Waals surface area contributed by atoms with Crippen LogP contribution in [0.4, 0.5) is 0 Å². The lowest BCUT2D eigenvalue weighted by Crippen LogP contribution is -2.63. The van der Waals surface area contributed by atoms with Crippen molar-refractivity contribution in [2.75, 3.05) is 19.8 Å². The Balaban J connectivity index is 1.45. The van der Waals surface area contributed by atoms with Crippen LogP contribution in [0, 0.1) is 12.3 Å². The fraction of sp³-hybridized carbons (Fsp3) is 0.700. The van der Waals surface area contributed by atoms with E-state index in [1.54, 1.807) is 0 Å². The van der Waals surface area contributed by atoms with Gasteiger partial charge >= 0.3 is 0 Å². The molecule has 0 bridgehead atoms. The Bertz CT molecular complexity index is 527. The topological polar surface area (TPSA) is 50.7 Å². The summed E-state index contributed by atoms with van der Waals surface area (Å²) in [7, 11) is 0. The van der Waals surface area contributed by atoms with Crippen LogP contribution < -0.4 is 10.1 Å². The standard InChI is InChI=1S/C20H31NO3/c1-3-23-19-12-18(20(19)10-6-7-11-20)21-13-16(22)14-24-17-9-5-4-8-15(17)2/h4-5,8-9,16,18-19,21-22H,3,6-7,10-14H2,1-2H3/t16-,18-,19-/m1/s1. The van der Waals surface area contributed by atoms with Crippen LogP contribution in [0.1, 0.15) is 44.6 Å². The minimum absolute atomic E-state index is 0.312. The van der Waals surface area contributed by atoms with E-state index in [4.69, 9.17) is 9.47 Å². The van der Waals surface area contributed by atoms with Gasteiger partial charge in [0, 0.05) is 24.6 Å². The molecular weight excluding hydrogens is 302 g/mol. The molecule has 2 aliphatic carbocycles. The van der Waals surface area contributed by atoms with Crippen molar-refractivity contribution in [2.24, 2.45) is 5.41 Å². The molecule has 1 aromatic rings. The molecule has 0 aliphatic heterocycles. The zero-order valence-corrected chi connectivity index (χ0v) is 15.0. The number of benzene rings is 1. The van der Waals surface area contributed by atoms with Crippen molar-refractivity contribution in [2.45, 2.75) is 64.2 Å². The van der Waals surface area contributed by atoms with E-state index in [1.165, 1.54) is 25.7 Å². The van der Waals surface area contributed by atoms with E-state index in [1.807, 2.05) is 31.2 Å². The molecule has 0 radical (unpaired) electrons. The molecule has 3 rings (SSSR count). The van der Waals surface area contributed by atoms with Crippen molar-refractivity contribution in [3.63, 3.8) is 0 Å². The number of nitrogens with one attached hydrogen (secondary N) is 1. The molecule has 1 aromatic carbocycles. The molecule has 2 saturated carbocycles. The number of hydrogen-bond donors (Lipinski definition) is 2. The Morgan fingerprint density at radius 2 is 2.04 bits per heavy atom. The molecule has 0 amide bonds. The summed E-state index contributed by atoms with van der Waals surface area (Å²) in [6, 6.07) is 8.39. The number of rotatable bonds is 8. The number of aliphatic hydroxyl groups excluding tert-OH is 1. The van der Waals surface area contributed by atoms with E-state index >= 15 is 0 Å². The quantitative estimate of drug-likeness (QED) is 0.768. The number of aryl methyl sites for hydroxylation is 1. The largest absolute Gasteiger partial charge is 0.491 e. The average molecular weight is 333 g/mol. The molecule has 2 aliphatic rings. The van der Waals surface area contributed by atoms with Gasteiger partial charge in [-0.05, 0) is 44.7 Å². The number of para-hydroxylation sites is 1. The second-order valence-electron chi connectivity index (χ2n) is 7.31. The minimum atomic E-state index is -0.491. The fourth-order valence-electron chi connectivity index (χ4n) is 4.41. The Hall–Kier alpha value is -1.10. The van der Waals surface area contributed by atoms with Crippen molar-refractivity contribution >= 4 is 0 Å². The Morgan fingerprint density at radius 1 is 1.29 bits per heavy atom. The van der Waals surface area contributed by atoms with Crippen molar-refractivity contribution in [1.29, 1.82) is 0 Å². The van der Waals surface area contributed by atoms with Crippen LogP contribution in [-0.4, -0.2) is 43.1 Å². The van der Waals surface area contributed by atoms with Crippen molar-refractivity contribution in [3.05, 3.63) is 29.8 Å². The van der Waals surface area contributed by atoms with Gasteiger partial charge in [0.2, 0.25) is 0 Å². The summed E-state index contributed by atoms with van der Waals surface area (Å²) in [5.41, 5.74) is 1.41. The minimum Gasteiger partial charge on any atom is -0.491 e. The lowest BCUT2D eigenvalue weighted by molar-refractivity contribution is -0.131. The highest BCUT2D eigenvalue weighted by Crippen LogP contribution is 2.54. The summed E-state index contributed by atoms with van der Waals surface area (Å²) in [5, 5.41) is 13.8. The number of ether oxygens (including phenoxy) is 2. The second-order valence-corrected chi connectivity index (χ2v) is 7.31. The maximum absolute atomic E-state index is 10.3. The summed E-state index contributed by atoms with van der Waals surface area (Å²) in [4.78, 5) is 0. The van der Waals surface area contributed by atoms with Gasteiger partial charge in [0.25, 0.3) is 0 Å². The molecule has 0 aromatic heterocycles. The molecule has 4 heteroatoms. The zero-order chi connectivity index (χ0) is 17.0. The molecule has 2 fully saturated rings. The second kappa shape index (κ2) is 7.85. The van der Waals surface area contributed by atoms with Crippen LogP contribution in [0.3, 0.4) is 0 Å². The van der Waals surface area contributed by atoms with Gasteiger partial charge in [0.1, 0.15) is 18.5 Å². The molecule has 4 nitrogen and oxygen atoms in total. The summed E-state index contributed by atoms with van der Waals surface area (Å²) >= 11 is 0. The van der Waals surface area contributed by atoms with Gasteiger partial charge in [0.05, 0.1) is 6.10 Å². The molecule has 24 heavy (non-hydrogen) atoms. The number of aliphatic hydroxyl groups is 1. The van der Waals surface area contributed by atoms with Crippen LogP contribution in [0.25, 0.3) is 0 Å². The van der Waals surface area contributed by atoms with E-state index < -0.39 is 6.10 Å². The molecule has 1 spiro atoms. The monoisotopic (exact) mass is 333 g/mol. The summed E-state index contributed by atoms with van der Waals surface area (Å²) in [6.45, 7) is 5.80. The highest BCUT2D eigenvalue weighted by Gasteiger charge is 2.56. The van der Waals surface area contributed by atoms with E-state index in [0.717, 1.165) is 24.3 Å². The first-order chi connectivity index (χ1) is 11.7. The third-order valence-electron chi connectivity index (χ3n) is 5.81. The first-order valence-corrected chi connectivity index (χ1v) is 9.37. The van der Waals surface area contributed by atoms with Crippen LogP contribution >= 0.6 is 0 Å². The smallest absolute Gasteiger partial charge is 0.122 e. The van der Waals surface area contributed by atoms with E-state index in [0.29, 0.717) is 30.7 Å². The molecule has 0 saturated heterocycles. The van der Waals surface area contributed by atoms with Gasteiger partial charge in [-0.2, -0.15) is 0 Å². The zero-order valence-electron chi connectivity index (χ0n) is 15.0. The number of hydrogen-bond acceptors (Lipinski definition) is 4. The maximum Gasteiger partial charge on any atom is 0.122 e. The van der Waals surface area contributed by atoms with Gasteiger partial charge in [-0.25, -0.2) is 0 Å². The Morgan fingerprint density at radius 3 is 2.75 bits per heavy atom. The predicted molar refractivity (Wildman–Crippen MR) is 95.4 cm³/mol. The van der Waals surface area contributed by atoms with Gasteiger partial charge in [-0.3, -0.25) is 0 Å². The highest BCUT2D eigenvalue weighted by molar-refractivity contribution is 5.31. The molecular formula is C20H31NO3. The highest BCUT2D eigenvalue weighted by atomic mass is 16.5. The maximum atomic E-state index is 10.3. The summed E-state index contributed by atoms with van der Waals surface area (Å²) < 4.78 is 11.7. The first-order valence-electron chi connectivity index (χ1n) is 9.37. The molecule has 2 N–H and O–H groups in total. The van der Waals surface area contributed by atoms with E-state index in [-0.39, 0.29) is 0 Å². The lowest BCUT2D eigenvalue weighted by atomic mass is 9.60.